The highest BCUT2D eigenvalue weighted by molar-refractivity contribution is 7.90. The van der Waals surface area contributed by atoms with Gasteiger partial charge in [0.25, 0.3) is 0 Å². The monoisotopic (exact) mass is 250 g/mol. The summed E-state index contributed by atoms with van der Waals surface area (Å²) in [5.41, 5.74) is 0. The number of aliphatic carboxylic acids is 1. The number of rotatable bonds is 3. The number of sulfonamides is 1. The van der Waals surface area contributed by atoms with E-state index < -0.39 is 21.2 Å². The molecule has 0 radical (unpaired) electrons. The summed E-state index contributed by atoms with van der Waals surface area (Å²) in [6.07, 6.45) is 0. The van der Waals surface area contributed by atoms with E-state index in [1.54, 1.807) is 13.8 Å². The van der Waals surface area contributed by atoms with Crippen LogP contribution in [0.5, 0.6) is 0 Å². The molecule has 1 fully saturated rings. The topological polar surface area (TPSA) is 86.7 Å². The second kappa shape index (κ2) is 4.68. The first-order chi connectivity index (χ1) is 7.28. The van der Waals surface area contributed by atoms with Crippen LogP contribution in [0.3, 0.4) is 0 Å². The van der Waals surface area contributed by atoms with Crippen molar-refractivity contribution in [3.05, 3.63) is 0 Å². The van der Waals surface area contributed by atoms with Crippen LogP contribution in [-0.4, -0.2) is 54.2 Å². The molecule has 1 aliphatic heterocycles. The quantitative estimate of drug-likeness (QED) is 0.703. The summed E-state index contributed by atoms with van der Waals surface area (Å²) in [6, 6.07) is -0.425. The van der Waals surface area contributed by atoms with Gasteiger partial charge in [-0.1, -0.05) is 0 Å². The van der Waals surface area contributed by atoms with Crippen LogP contribution < -0.4 is 5.32 Å². The van der Waals surface area contributed by atoms with Crippen molar-refractivity contribution in [2.75, 3.05) is 13.1 Å². The second-order valence-corrected chi connectivity index (χ2v) is 6.37. The Morgan fingerprint density at radius 1 is 1.38 bits per heavy atom. The number of carboxylic acid groups (broad SMARTS) is 1. The van der Waals surface area contributed by atoms with Crippen LogP contribution >= 0.6 is 0 Å². The molecule has 1 aliphatic rings. The average Bonchev–Trinajstić information content (AvgIpc) is 2.15. The van der Waals surface area contributed by atoms with Gasteiger partial charge in [-0.3, -0.25) is 4.79 Å². The number of hydrogen-bond acceptors (Lipinski definition) is 4. The lowest BCUT2D eigenvalue weighted by Crippen LogP contribution is -2.59. The number of hydrogen-bond donors (Lipinski definition) is 2. The second-order valence-electron chi connectivity index (χ2n) is 4.21. The van der Waals surface area contributed by atoms with E-state index in [1.165, 1.54) is 11.2 Å². The van der Waals surface area contributed by atoms with Crippen molar-refractivity contribution >= 4 is 16.0 Å². The third kappa shape index (κ3) is 2.36. The van der Waals surface area contributed by atoms with Gasteiger partial charge in [0, 0.05) is 25.2 Å². The lowest BCUT2D eigenvalue weighted by atomic mass is 10.2. The molecule has 1 saturated heterocycles. The molecule has 1 heterocycles. The van der Waals surface area contributed by atoms with Gasteiger partial charge in [0.15, 0.2) is 5.25 Å². The van der Waals surface area contributed by atoms with Gasteiger partial charge in [-0.05, 0) is 20.8 Å². The highest BCUT2D eigenvalue weighted by Crippen LogP contribution is 2.19. The molecule has 3 unspecified atom stereocenters. The molecule has 94 valence electrons. The summed E-state index contributed by atoms with van der Waals surface area (Å²) in [7, 11) is -3.77. The third-order valence-electron chi connectivity index (χ3n) is 2.84. The molecule has 2 N–H and O–H groups in total. The van der Waals surface area contributed by atoms with Crippen molar-refractivity contribution in [1.29, 1.82) is 0 Å². The van der Waals surface area contributed by atoms with Gasteiger partial charge in [-0.25, -0.2) is 8.42 Å². The first-order valence-corrected chi connectivity index (χ1v) is 6.74. The van der Waals surface area contributed by atoms with Crippen molar-refractivity contribution in [3.8, 4) is 0 Å². The van der Waals surface area contributed by atoms with Crippen LogP contribution in [0.1, 0.15) is 20.8 Å². The highest BCUT2D eigenvalue weighted by atomic mass is 32.2. The smallest absolute Gasteiger partial charge is 0.323 e. The molecule has 16 heavy (non-hydrogen) atoms. The molecule has 7 heteroatoms. The summed E-state index contributed by atoms with van der Waals surface area (Å²) >= 11 is 0. The maximum Gasteiger partial charge on any atom is 0.323 e. The van der Waals surface area contributed by atoms with Gasteiger partial charge in [0.05, 0.1) is 0 Å². The molecule has 0 aromatic rings. The fourth-order valence-electron chi connectivity index (χ4n) is 1.93. The minimum atomic E-state index is -3.77. The maximum absolute atomic E-state index is 12.1. The minimum absolute atomic E-state index is 0.212. The Morgan fingerprint density at radius 3 is 2.19 bits per heavy atom. The van der Waals surface area contributed by atoms with Crippen molar-refractivity contribution < 1.29 is 18.3 Å². The Hall–Kier alpha value is -0.660. The van der Waals surface area contributed by atoms with Crippen LogP contribution in [0.4, 0.5) is 0 Å². The number of nitrogens with one attached hydrogen (secondary N) is 1. The van der Waals surface area contributed by atoms with Gasteiger partial charge in [0.1, 0.15) is 0 Å². The van der Waals surface area contributed by atoms with Gasteiger partial charge in [-0.15, -0.1) is 0 Å². The Balaban J connectivity index is 3.01. The van der Waals surface area contributed by atoms with Gasteiger partial charge >= 0.3 is 5.97 Å². The summed E-state index contributed by atoms with van der Waals surface area (Å²) in [5.74, 6) is -1.31. The molecule has 0 saturated carbocycles. The highest BCUT2D eigenvalue weighted by Gasteiger charge is 2.40. The predicted octanol–water partition coefficient (Wildman–Crippen LogP) is -0.528. The van der Waals surface area contributed by atoms with E-state index >= 15 is 0 Å². The van der Waals surface area contributed by atoms with E-state index in [4.69, 9.17) is 5.11 Å². The van der Waals surface area contributed by atoms with Crippen LogP contribution in [-0.2, 0) is 14.8 Å². The van der Waals surface area contributed by atoms with Crippen molar-refractivity contribution in [1.82, 2.24) is 9.62 Å². The normalized spacial score (nSPS) is 29.9. The van der Waals surface area contributed by atoms with E-state index in [9.17, 15) is 13.2 Å². The number of piperazine rings is 1. The molecular formula is C9H18N2O4S. The Kier molecular flexibility index (Phi) is 3.92. The lowest BCUT2D eigenvalue weighted by molar-refractivity contribution is -0.136. The van der Waals surface area contributed by atoms with Gasteiger partial charge < -0.3 is 10.4 Å². The SMILES string of the molecule is CC1CNCC(C)N1S(=O)(=O)C(C)C(=O)O. The van der Waals surface area contributed by atoms with E-state index in [2.05, 4.69) is 5.32 Å². The number of nitrogens with zero attached hydrogens (tertiary/aromatic N) is 1. The number of carbonyl (C=O) groups is 1. The summed E-state index contributed by atoms with van der Waals surface area (Å²) < 4.78 is 25.4. The summed E-state index contributed by atoms with van der Waals surface area (Å²) in [5, 5.41) is 10.5. The Labute approximate surface area is 95.7 Å². The zero-order valence-corrected chi connectivity index (χ0v) is 10.5. The van der Waals surface area contributed by atoms with E-state index in [1.807, 2.05) is 0 Å². The average molecular weight is 250 g/mol. The standard InChI is InChI=1S/C9H18N2O4S/c1-6-4-10-5-7(2)11(6)16(14,15)8(3)9(12)13/h6-8,10H,4-5H2,1-3H3,(H,12,13). The van der Waals surface area contributed by atoms with E-state index in [-0.39, 0.29) is 12.1 Å². The lowest BCUT2D eigenvalue weighted by Gasteiger charge is -2.39. The van der Waals surface area contributed by atoms with E-state index in [0.29, 0.717) is 13.1 Å². The van der Waals surface area contributed by atoms with E-state index in [0.717, 1.165) is 0 Å². The van der Waals surface area contributed by atoms with Crippen LogP contribution in [0.25, 0.3) is 0 Å². The van der Waals surface area contributed by atoms with Crippen molar-refractivity contribution in [3.63, 3.8) is 0 Å². The maximum atomic E-state index is 12.1. The van der Waals surface area contributed by atoms with Crippen LogP contribution in [0.15, 0.2) is 0 Å². The molecule has 0 aromatic heterocycles. The molecule has 6 nitrogen and oxygen atoms in total. The first kappa shape index (κ1) is 13.4. The Bertz CT molecular complexity index is 358. The van der Waals surface area contributed by atoms with Crippen LogP contribution in [0, 0.1) is 0 Å². The van der Waals surface area contributed by atoms with Crippen molar-refractivity contribution in [2.24, 2.45) is 0 Å². The molecule has 1 rings (SSSR count). The first-order valence-electron chi connectivity index (χ1n) is 5.24. The molecule has 0 aromatic carbocycles. The third-order valence-corrected chi connectivity index (χ3v) is 5.24. The molecule has 3 atom stereocenters. The zero-order chi connectivity index (χ0) is 12.5. The summed E-state index contributed by atoms with van der Waals surface area (Å²) in [4.78, 5) is 10.8. The van der Waals surface area contributed by atoms with Gasteiger partial charge in [-0.2, -0.15) is 4.31 Å². The molecule has 0 bridgehead atoms. The largest absolute Gasteiger partial charge is 0.480 e. The molecule has 0 amide bonds. The molecular weight excluding hydrogens is 232 g/mol. The zero-order valence-electron chi connectivity index (χ0n) is 9.67. The summed E-state index contributed by atoms with van der Waals surface area (Å²) in [6.45, 7) is 5.86. The fraction of sp³-hybridized carbons (Fsp3) is 0.889. The molecule has 0 spiro atoms. The van der Waals surface area contributed by atoms with Crippen molar-refractivity contribution in [2.45, 2.75) is 38.1 Å². The fourth-order valence-corrected chi connectivity index (χ4v) is 3.70. The minimum Gasteiger partial charge on any atom is -0.480 e. The number of carboxylic acids is 1. The predicted molar refractivity (Wildman–Crippen MR) is 59.7 cm³/mol. The Morgan fingerprint density at radius 2 is 1.81 bits per heavy atom. The molecule has 0 aliphatic carbocycles. The van der Waals surface area contributed by atoms with Crippen LogP contribution in [0.2, 0.25) is 0 Å². The van der Waals surface area contributed by atoms with Gasteiger partial charge in [0.2, 0.25) is 10.0 Å².